The van der Waals surface area contributed by atoms with Crippen LogP contribution in [-0.2, 0) is 18.0 Å². The maximum absolute atomic E-state index is 5.46. The van der Waals surface area contributed by atoms with Gasteiger partial charge >= 0.3 is 0 Å². The number of hydrogen-bond acceptors (Lipinski definition) is 3. The molecule has 4 heteroatoms. The number of aromatic nitrogens is 3. The van der Waals surface area contributed by atoms with E-state index in [4.69, 9.17) is 4.74 Å². The topological polar surface area (TPSA) is 39.9 Å². The highest BCUT2D eigenvalue weighted by Gasteiger charge is 2.14. The third kappa shape index (κ3) is 1.82. The highest BCUT2D eigenvalue weighted by atomic mass is 16.5. The first-order valence-electron chi connectivity index (χ1n) is 6.56. The van der Waals surface area contributed by atoms with Gasteiger partial charge in [-0.2, -0.15) is 0 Å². The summed E-state index contributed by atoms with van der Waals surface area (Å²) in [5.74, 6) is 0.851. The molecular formula is C16H13N3O. The fourth-order valence-corrected chi connectivity index (χ4v) is 2.50. The highest BCUT2D eigenvalue weighted by molar-refractivity contribution is 5.55. The van der Waals surface area contributed by atoms with Gasteiger partial charge in [0.15, 0.2) is 5.82 Å². The van der Waals surface area contributed by atoms with E-state index in [2.05, 4.69) is 32.7 Å². The van der Waals surface area contributed by atoms with Gasteiger partial charge in [-0.05, 0) is 35.4 Å². The number of ether oxygens (including phenoxy) is 1. The Morgan fingerprint density at radius 2 is 1.90 bits per heavy atom. The Bertz CT molecular complexity index is 749. The largest absolute Gasteiger partial charge is 0.372 e. The van der Waals surface area contributed by atoms with Crippen LogP contribution >= 0.6 is 0 Å². The summed E-state index contributed by atoms with van der Waals surface area (Å²) >= 11 is 0. The molecule has 0 saturated carbocycles. The van der Waals surface area contributed by atoms with Crippen LogP contribution < -0.4 is 0 Å². The molecule has 0 radical (unpaired) electrons. The Morgan fingerprint density at radius 1 is 0.950 bits per heavy atom. The zero-order valence-corrected chi connectivity index (χ0v) is 10.9. The summed E-state index contributed by atoms with van der Waals surface area (Å²) in [5, 5.41) is 0. The van der Waals surface area contributed by atoms with E-state index >= 15 is 0 Å². The predicted molar refractivity (Wildman–Crippen MR) is 75.3 cm³/mol. The van der Waals surface area contributed by atoms with E-state index in [1.807, 2.05) is 24.4 Å². The van der Waals surface area contributed by atoms with Crippen molar-refractivity contribution in [2.24, 2.45) is 0 Å². The van der Waals surface area contributed by atoms with Crippen molar-refractivity contribution in [3.8, 4) is 17.2 Å². The van der Waals surface area contributed by atoms with Crippen LogP contribution in [0.3, 0.4) is 0 Å². The zero-order valence-electron chi connectivity index (χ0n) is 10.9. The predicted octanol–water partition coefficient (Wildman–Crippen LogP) is 2.96. The van der Waals surface area contributed by atoms with Gasteiger partial charge in [0.2, 0.25) is 0 Å². The molecule has 0 N–H and O–H groups in total. The second kappa shape index (κ2) is 4.58. The summed E-state index contributed by atoms with van der Waals surface area (Å²) in [6.45, 7) is 1.41. The lowest BCUT2D eigenvalue weighted by molar-refractivity contribution is 0.134. The fourth-order valence-electron chi connectivity index (χ4n) is 2.50. The van der Waals surface area contributed by atoms with E-state index in [0.29, 0.717) is 13.2 Å². The van der Waals surface area contributed by atoms with Gasteiger partial charge in [0, 0.05) is 24.3 Å². The molecule has 0 amide bonds. The summed E-state index contributed by atoms with van der Waals surface area (Å²) in [6.07, 6.45) is 5.54. The summed E-state index contributed by atoms with van der Waals surface area (Å²) < 4.78 is 7.52. The lowest BCUT2D eigenvalue weighted by Gasteiger charge is -2.08. The van der Waals surface area contributed by atoms with Crippen molar-refractivity contribution in [1.29, 1.82) is 0 Å². The molecule has 0 aliphatic carbocycles. The number of imidazole rings is 1. The molecule has 0 saturated heterocycles. The maximum Gasteiger partial charge on any atom is 0.163 e. The Hall–Kier alpha value is -2.46. The van der Waals surface area contributed by atoms with Crippen LogP contribution in [0, 0.1) is 0 Å². The standard InChI is InChI=1S/C16H13N3O/c1-2-6-17-15(3-1)16-18-7-8-19(16)14-5-4-12-10-20-11-13(12)9-14/h1-9H,10-11H2. The zero-order chi connectivity index (χ0) is 13.4. The van der Waals surface area contributed by atoms with Gasteiger partial charge in [0.1, 0.15) is 5.69 Å². The van der Waals surface area contributed by atoms with Gasteiger partial charge < -0.3 is 4.74 Å². The van der Waals surface area contributed by atoms with Crippen molar-refractivity contribution >= 4 is 0 Å². The van der Waals surface area contributed by atoms with Crippen molar-refractivity contribution in [3.63, 3.8) is 0 Å². The van der Waals surface area contributed by atoms with Crippen molar-refractivity contribution in [2.45, 2.75) is 13.2 Å². The second-order valence-corrected chi connectivity index (χ2v) is 4.78. The molecule has 0 fully saturated rings. The van der Waals surface area contributed by atoms with Crippen molar-refractivity contribution in [2.75, 3.05) is 0 Å². The van der Waals surface area contributed by atoms with Gasteiger partial charge in [-0.15, -0.1) is 0 Å². The molecule has 3 aromatic rings. The van der Waals surface area contributed by atoms with E-state index in [0.717, 1.165) is 17.2 Å². The van der Waals surface area contributed by atoms with E-state index in [9.17, 15) is 0 Å². The average molecular weight is 263 g/mol. The second-order valence-electron chi connectivity index (χ2n) is 4.78. The maximum atomic E-state index is 5.46. The van der Waals surface area contributed by atoms with Gasteiger partial charge in [0.25, 0.3) is 0 Å². The lowest BCUT2D eigenvalue weighted by atomic mass is 10.1. The minimum Gasteiger partial charge on any atom is -0.372 e. The highest BCUT2D eigenvalue weighted by Crippen LogP contribution is 2.25. The molecule has 4 nitrogen and oxygen atoms in total. The fraction of sp³-hybridized carbons (Fsp3) is 0.125. The van der Waals surface area contributed by atoms with Crippen LogP contribution in [0.5, 0.6) is 0 Å². The number of nitrogens with zero attached hydrogens (tertiary/aromatic N) is 3. The van der Waals surface area contributed by atoms with Gasteiger partial charge in [-0.1, -0.05) is 12.1 Å². The molecule has 4 rings (SSSR count). The summed E-state index contributed by atoms with van der Waals surface area (Å²) in [7, 11) is 0. The van der Waals surface area contributed by atoms with Gasteiger partial charge in [0.05, 0.1) is 13.2 Å². The molecule has 1 aromatic carbocycles. The first-order valence-corrected chi connectivity index (χ1v) is 6.56. The molecule has 1 aliphatic rings. The van der Waals surface area contributed by atoms with E-state index < -0.39 is 0 Å². The van der Waals surface area contributed by atoms with Crippen LogP contribution in [0.4, 0.5) is 0 Å². The first-order chi connectivity index (χ1) is 9.92. The monoisotopic (exact) mass is 263 g/mol. The van der Waals surface area contributed by atoms with E-state index in [-0.39, 0.29) is 0 Å². The third-order valence-corrected chi connectivity index (χ3v) is 3.52. The van der Waals surface area contributed by atoms with E-state index in [1.54, 1.807) is 12.4 Å². The molecule has 3 heterocycles. The minimum absolute atomic E-state index is 0.691. The molecule has 0 atom stereocenters. The number of benzene rings is 1. The van der Waals surface area contributed by atoms with E-state index in [1.165, 1.54) is 11.1 Å². The average Bonchev–Trinajstić information content (AvgIpc) is 3.16. The molecule has 1 aliphatic heterocycles. The normalized spacial score (nSPS) is 13.4. The summed E-state index contributed by atoms with van der Waals surface area (Å²) in [4.78, 5) is 8.80. The quantitative estimate of drug-likeness (QED) is 0.713. The smallest absolute Gasteiger partial charge is 0.163 e. The molecule has 0 bridgehead atoms. The Kier molecular flexibility index (Phi) is 2.60. The van der Waals surface area contributed by atoms with Crippen LogP contribution in [0.1, 0.15) is 11.1 Å². The SMILES string of the molecule is c1ccc(-c2nccn2-c2ccc3c(c2)COC3)nc1. The van der Waals surface area contributed by atoms with Crippen LogP contribution in [-0.4, -0.2) is 14.5 Å². The summed E-state index contributed by atoms with van der Waals surface area (Å²) in [6, 6.07) is 12.2. The minimum atomic E-state index is 0.691. The lowest BCUT2D eigenvalue weighted by Crippen LogP contribution is -1.98. The van der Waals surface area contributed by atoms with Crippen LogP contribution in [0.15, 0.2) is 55.0 Å². The number of fused-ring (bicyclic) bond motifs is 1. The van der Waals surface area contributed by atoms with Crippen molar-refractivity contribution in [1.82, 2.24) is 14.5 Å². The molecular weight excluding hydrogens is 250 g/mol. The Morgan fingerprint density at radius 3 is 2.80 bits per heavy atom. The number of hydrogen-bond donors (Lipinski definition) is 0. The Labute approximate surface area is 116 Å². The first kappa shape index (κ1) is 11.4. The van der Waals surface area contributed by atoms with Gasteiger partial charge in [-0.25, -0.2) is 4.98 Å². The van der Waals surface area contributed by atoms with Crippen LogP contribution in [0.2, 0.25) is 0 Å². The van der Waals surface area contributed by atoms with Crippen molar-refractivity contribution < 1.29 is 4.74 Å². The molecule has 0 spiro atoms. The molecule has 98 valence electrons. The van der Waals surface area contributed by atoms with Crippen LogP contribution in [0.25, 0.3) is 17.2 Å². The molecule has 2 aromatic heterocycles. The van der Waals surface area contributed by atoms with Crippen molar-refractivity contribution in [3.05, 3.63) is 66.1 Å². The number of rotatable bonds is 2. The molecule has 0 unspecified atom stereocenters. The number of pyridine rings is 1. The van der Waals surface area contributed by atoms with Gasteiger partial charge in [-0.3, -0.25) is 9.55 Å². The molecule has 20 heavy (non-hydrogen) atoms. The summed E-state index contributed by atoms with van der Waals surface area (Å²) in [5.41, 5.74) is 4.48. The third-order valence-electron chi connectivity index (χ3n) is 3.52. The Balaban J connectivity index is 1.82.